The van der Waals surface area contributed by atoms with Crippen molar-refractivity contribution in [2.24, 2.45) is 0 Å². The minimum absolute atomic E-state index is 0.0224. The predicted octanol–water partition coefficient (Wildman–Crippen LogP) is 3.25. The van der Waals surface area contributed by atoms with E-state index in [1.807, 2.05) is 0 Å². The van der Waals surface area contributed by atoms with Crippen LogP contribution >= 0.6 is 0 Å². The van der Waals surface area contributed by atoms with Crippen molar-refractivity contribution in [3.63, 3.8) is 0 Å². The number of likely N-dealkylation sites (tertiary alicyclic amines) is 1. The van der Waals surface area contributed by atoms with Crippen LogP contribution < -0.4 is 4.74 Å². The van der Waals surface area contributed by atoms with Crippen LogP contribution in [0.1, 0.15) is 29.6 Å². The van der Waals surface area contributed by atoms with Gasteiger partial charge in [-0.3, -0.25) is 4.79 Å². The van der Waals surface area contributed by atoms with Gasteiger partial charge in [-0.15, -0.1) is 0 Å². The number of alkyl halides is 3. The number of methoxy groups -OCH3 is 1. The van der Waals surface area contributed by atoms with E-state index >= 15 is 0 Å². The highest BCUT2D eigenvalue weighted by Crippen LogP contribution is 2.32. The van der Waals surface area contributed by atoms with Crippen molar-refractivity contribution in [3.8, 4) is 5.75 Å². The molecule has 0 N–H and O–H groups in total. The van der Waals surface area contributed by atoms with Gasteiger partial charge in [0, 0.05) is 12.1 Å². The molecule has 0 saturated carbocycles. The summed E-state index contributed by atoms with van der Waals surface area (Å²) in [6.07, 6.45) is -3.29. The average Bonchev–Trinajstić information content (AvgIpc) is 2.46. The molecule has 110 valence electrons. The lowest BCUT2D eigenvalue weighted by atomic mass is 10.0. The molecule has 1 amide bonds. The predicted molar refractivity (Wildman–Crippen MR) is 67.7 cm³/mol. The Morgan fingerprint density at radius 3 is 2.45 bits per heavy atom. The third-order valence-electron chi connectivity index (χ3n) is 3.48. The van der Waals surface area contributed by atoms with Crippen molar-refractivity contribution in [1.82, 2.24) is 4.90 Å². The topological polar surface area (TPSA) is 29.5 Å². The van der Waals surface area contributed by atoms with Crippen molar-refractivity contribution in [1.29, 1.82) is 0 Å². The van der Waals surface area contributed by atoms with Crippen LogP contribution in [0.25, 0.3) is 0 Å². The molecular formula is C14H16F3NO2. The van der Waals surface area contributed by atoms with Crippen molar-refractivity contribution < 1.29 is 22.7 Å². The highest BCUT2D eigenvalue weighted by molar-refractivity contribution is 5.94. The van der Waals surface area contributed by atoms with Crippen LogP contribution in [0.5, 0.6) is 5.75 Å². The standard InChI is InChI=1S/C14H16F3NO2/c1-20-11-7-5-10(6-8-11)13(19)18-9-3-2-4-12(18)14(15,16)17/h5-8,12H,2-4,9H2,1H3. The quantitative estimate of drug-likeness (QED) is 0.835. The van der Waals surface area contributed by atoms with E-state index in [4.69, 9.17) is 4.74 Å². The third kappa shape index (κ3) is 3.05. The summed E-state index contributed by atoms with van der Waals surface area (Å²) >= 11 is 0. The molecule has 1 heterocycles. The normalized spacial score (nSPS) is 19.8. The Balaban J connectivity index is 2.20. The van der Waals surface area contributed by atoms with Crippen molar-refractivity contribution in [2.45, 2.75) is 31.5 Å². The van der Waals surface area contributed by atoms with Crippen molar-refractivity contribution >= 4 is 5.91 Å². The fourth-order valence-corrected chi connectivity index (χ4v) is 2.41. The molecule has 1 fully saturated rings. The number of rotatable bonds is 2. The Kier molecular flexibility index (Phi) is 4.20. The highest BCUT2D eigenvalue weighted by atomic mass is 19.4. The monoisotopic (exact) mass is 287 g/mol. The number of carbonyl (C=O) groups excluding carboxylic acids is 1. The summed E-state index contributed by atoms with van der Waals surface area (Å²) in [5.74, 6) is -0.0118. The van der Waals surface area contributed by atoms with Gasteiger partial charge in [0.25, 0.3) is 5.91 Å². The minimum atomic E-state index is -4.37. The fraction of sp³-hybridized carbons (Fsp3) is 0.500. The number of halogens is 3. The largest absolute Gasteiger partial charge is 0.497 e. The van der Waals surface area contributed by atoms with E-state index in [1.165, 1.54) is 19.2 Å². The molecule has 0 aliphatic carbocycles. The minimum Gasteiger partial charge on any atom is -0.497 e. The van der Waals surface area contributed by atoms with Gasteiger partial charge in [0.05, 0.1) is 7.11 Å². The molecule has 1 saturated heterocycles. The van der Waals surface area contributed by atoms with Crippen LogP contribution in [0, 0.1) is 0 Å². The Morgan fingerprint density at radius 1 is 1.25 bits per heavy atom. The fourth-order valence-electron chi connectivity index (χ4n) is 2.41. The molecule has 0 spiro atoms. The zero-order valence-electron chi connectivity index (χ0n) is 11.1. The Hall–Kier alpha value is -1.72. The Morgan fingerprint density at radius 2 is 1.90 bits per heavy atom. The maximum absolute atomic E-state index is 13.0. The molecule has 3 nitrogen and oxygen atoms in total. The second kappa shape index (κ2) is 5.73. The first-order valence-electron chi connectivity index (χ1n) is 6.45. The SMILES string of the molecule is COc1ccc(C(=O)N2CCCCC2C(F)(F)F)cc1. The molecule has 1 atom stereocenters. The molecule has 1 aliphatic rings. The van der Waals surface area contributed by atoms with Gasteiger partial charge in [-0.25, -0.2) is 0 Å². The molecule has 1 aliphatic heterocycles. The lowest BCUT2D eigenvalue weighted by Gasteiger charge is -2.36. The first-order chi connectivity index (χ1) is 9.43. The van der Waals surface area contributed by atoms with Gasteiger partial charge in [-0.1, -0.05) is 0 Å². The van der Waals surface area contributed by atoms with Gasteiger partial charge in [0.15, 0.2) is 0 Å². The first kappa shape index (κ1) is 14.7. The zero-order valence-corrected chi connectivity index (χ0v) is 11.1. The van der Waals surface area contributed by atoms with E-state index in [0.717, 1.165) is 4.90 Å². The molecule has 0 radical (unpaired) electrons. The van der Waals surface area contributed by atoms with Crippen LogP contribution in [0.4, 0.5) is 13.2 Å². The summed E-state index contributed by atoms with van der Waals surface area (Å²) in [4.78, 5) is 13.2. The van der Waals surface area contributed by atoms with Crippen LogP contribution in [-0.2, 0) is 0 Å². The molecule has 6 heteroatoms. The lowest BCUT2D eigenvalue weighted by molar-refractivity contribution is -0.183. The maximum Gasteiger partial charge on any atom is 0.408 e. The lowest BCUT2D eigenvalue weighted by Crippen LogP contribution is -2.51. The number of piperidine rings is 1. The Bertz CT molecular complexity index is 470. The van der Waals surface area contributed by atoms with Crippen LogP contribution in [0.3, 0.4) is 0 Å². The number of benzene rings is 1. The number of amides is 1. The van der Waals surface area contributed by atoms with Crippen LogP contribution in [0.15, 0.2) is 24.3 Å². The van der Waals surface area contributed by atoms with Gasteiger partial charge in [-0.05, 0) is 43.5 Å². The van der Waals surface area contributed by atoms with E-state index in [9.17, 15) is 18.0 Å². The van der Waals surface area contributed by atoms with Crippen LogP contribution in [0.2, 0.25) is 0 Å². The van der Waals surface area contributed by atoms with E-state index in [-0.39, 0.29) is 18.5 Å². The van der Waals surface area contributed by atoms with Crippen molar-refractivity contribution in [3.05, 3.63) is 29.8 Å². The molecule has 0 bridgehead atoms. The number of nitrogens with zero attached hydrogens (tertiary/aromatic N) is 1. The van der Waals surface area contributed by atoms with E-state index in [1.54, 1.807) is 12.1 Å². The summed E-state index contributed by atoms with van der Waals surface area (Å²) in [5, 5.41) is 0. The van der Waals surface area contributed by atoms with Gasteiger partial charge in [0.1, 0.15) is 11.8 Å². The van der Waals surface area contributed by atoms with Gasteiger partial charge < -0.3 is 9.64 Å². The molecule has 0 aromatic heterocycles. The smallest absolute Gasteiger partial charge is 0.408 e. The maximum atomic E-state index is 13.0. The number of ether oxygens (including phenoxy) is 1. The summed E-state index contributed by atoms with van der Waals surface area (Å²) in [6, 6.07) is 4.44. The van der Waals surface area contributed by atoms with Gasteiger partial charge in [-0.2, -0.15) is 13.2 Å². The van der Waals surface area contributed by atoms with E-state index < -0.39 is 18.1 Å². The van der Waals surface area contributed by atoms with Crippen molar-refractivity contribution in [2.75, 3.05) is 13.7 Å². The molecular weight excluding hydrogens is 271 g/mol. The molecule has 1 aromatic rings. The van der Waals surface area contributed by atoms with E-state index in [0.29, 0.717) is 18.6 Å². The summed E-state index contributed by atoms with van der Waals surface area (Å²) in [6.45, 7) is 0.148. The number of hydrogen-bond acceptors (Lipinski definition) is 2. The second-order valence-corrected chi connectivity index (χ2v) is 4.78. The molecule has 1 aromatic carbocycles. The molecule has 20 heavy (non-hydrogen) atoms. The summed E-state index contributed by atoms with van der Waals surface area (Å²) in [7, 11) is 1.49. The summed E-state index contributed by atoms with van der Waals surface area (Å²) < 4.78 is 43.9. The van der Waals surface area contributed by atoms with E-state index in [2.05, 4.69) is 0 Å². The molecule has 1 unspecified atom stereocenters. The number of carbonyl (C=O) groups is 1. The summed E-state index contributed by atoms with van der Waals surface area (Å²) in [5.41, 5.74) is 0.252. The third-order valence-corrected chi connectivity index (χ3v) is 3.48. The highest BCUT2D eigenvalue weighted by Gasteiger charge is 2.46. The average molecular weight is 287 g/mol. The Labute approximate surface area is 115 Å². The van der Waals surface area contributed by atoms with Gasteiger partial charge in [0.2, 0.25) is 0 Å². The zero-order chi connectivity index (χ0) is 14.8. The van der Waals surface area contributed by atoms with Gasteiger partial charge >= 0.3 is 6.18 Å². The molecule has 2 rings (SSSR count). The number of hydrogen-bond donors (Lipinski definition) is 0. The van der Waals surface area contributed by atoms with Crippen LogP contribution in [-0.4, -0.2) is 36.7 Å². The first-order valence-corrected chi connectivity index (χ1v) is 6.45. The second-order valence-electron chi connectivity index (χ2n) is 4.78.